The maximum absolute atomic E-state index is 13.9. The van der Waals surface area contributed by atoms with Crippen LogP contribution in [0.5, 0.6) is 23.1 Å². The van der Waals surface area contributed by atoms with E-state index in [1.54, 1.807) is 0 Å². The van der Waals surface area contributed by atoms with Crippen molar-refractivity contribution in [3.8, 4) is 34.8 Å². The number of nitrogens with zero attached hydrogens (tertiary/aromatic N) is 4. The highest BCUT2D eigenvalue weighted by molar-refractivity contribution is 7.92. The lowest BCUT2D eigenvalue weighted by atomic mass is 9.87. The lowest BCUT2D eigenvalue weighted by molar-refractivity contribution is 0.192. The van der Waals surface area contributed by atoms with Crippen molar-refractivity contribution in [1.29, 1.82) is 0 Å². The fraction of sp³-hybridized carbons (Fsp3) is 0.286. The van der Waals surface area contributed by atoms with E-state index in [-0.39, 0.29) is 17.3 Å². The molecule has 0 fully saturated rings. The first-order chi connectivity index (χ1) is 24.2. The SMILES string of the molecule is [2H]C([2H])(O)COc1nc(-c2ncccn2)nc(NS(=O)(=O)c2ccc(C(C([2H])([2H])[2H])(C([2H])([2H])[2H])C([2H])([2H])[2H])cc2)c1Oc1ccccc1OC([2H])([2H])C. The Labute approximate surface area is 251 Å². The van der Waals surface area contributed by atoms with E-state index >= 15 is 0 Å². The van der Waals surface area contributed by atoms with Crippen LogP contribution in [0.2, 0.25) is 0 Å². The van der Waals surface area contributed by atoms with E-state index in [0.717, 1.165) is 31.2 Å². The molecule has 0 spiro atoms. The second kappa shape index (κ2) is 12.3. The molecule has 2 heterocycles. The molecule has 0 aliphatic heterocycles. The number of ether oxygens (including phenoxy) is 3. The second-order valence-electron chi connectivity index (χ2n) is 7.78. The summed E-state index contributed by atoms with van der Waals surface area (Å²) in [5.41, 5.74) is -4.12. The van der Waals surface area contributed by atoms with E-state index in [9.17, 15) is 13.5 Å². The molecule has 0 bridgehead atoms. The zero-order valence-corrected chi connectivity index (χ0v) is 21.6. The fourth-order valence-electron chi connectivity index (χ4n) is 3.21. The standard InChI is InChI=1S/C28H31N5O6S/c1-5-37-21-9-6-7-10-22(21)39-23-24(33-40(35,36)20-13-11-19(12-14-20)28(2,3)4)31-26(25-29-15-8-16-30-25)32-27(23)38-18-17-34/h6-16,34H,5,17-18H2,1-4H3,(H,31,32,33)/i2D3,3D3,4D3,5D2,17D2. The molecule has 0 amide bonds. The molecule has 2 aromatic heterocycles. The summed E-state index contributed by atoms with van der Waals surface area (Å²) in [4.78, 5) is 15.7. The number of hydrogen-bond donors (Lipinski definition) is 2. The third-order valence-corrected chi connectivity index (χ3v) is 6.33. The molecule has 0 saturated carbocycles. The van der Waals surface area contributed by atoms with Crippen molar-refractivity contribution < 1.29 is 45.6 Å². The van der Waals surface area contributed by atoms with Gasteiger partial charge in [-0.1, -0.05) is 44.8 Å². The molecule has 40 heavy (non-hydrogen) atoms. The van der Waals surface area contributed by atoms with Crippen LogP contribution in [0.3, 0.4) is 0 Å². The lowest BCUT2D eigenvalue weighted by Crippen LogP contribution is -2.17. The van der Waals surface area contributed by atoms with Crippen LogP contribution in [-0.2, 0) is 15.4 Å². The number of aromatic nitrogens is 4. The molecule has 0 atom stereocenters. The minimum Gasteiger partial charge on any atom is -0.490 e. The van der Waals surface area contributed by atoms with Crippen molar-refractivity contribution in [3.05, 3.63) is 72.6 Å². The lowest BCUT2D eigenvalue weighted by Gasteiger charge is -2.20. The Morgan fingerprint density at radius 3 is 2.30 bits per heavy atom. The Bertz CT molecular complexity index is 1980. The predicted molar refractivity (Wildman–Crippen MR) is 149 cm³/mol. The topological polar surface area (TPSA) is 146 Å². The molecule has 11 nitrogen and oxygen atoms in total. The maximum atomic E-state index is 13.9. The van der Waals surface area contributed by atoms with Gasteiger partial charge in [0.25, 0.3) is 15.9 Å². The number of benzene rings is 2. The van der Waals surface area contributed by atoms with Crippen LogP contribution >= 0.6 is 0 Å². The van der Waals surface area contributed by atoms with Gasteiger partial charge < -0.3 is 19.3 Å². The molecule has 210 valence electrons. The van der Waals surface area contributed by atoms with Crippen LogP contribution in [0.1, 0.15) is 50.9 Å². The van der Waals surface area contributed by atoms with E-state index < -0.39 is 89.4 Å². The van der Waals surface area contributed by atoms with Gasteiger partial charge in [-0.2, -0.15) is 4.98 Å². The van der Waals surface area contributed by atoms with Gasteiger partial charge in [0.05, 0.1) is 23.5 Å². The average molecular weight is 579 g/mol. The summed E-state index contributed by atoms with van der Waals surface area (Å²) >= 11 is 0. The van der Waals surface area contributed by atoms with Crippen LogP contribution in [0.25, 0.3) is 11.6 Å². The largest absolute Gasteiger partial charge is 0.490 e. The number of anilines is 1. The Balaban J connectivity index is 1.92. The van der Waals surface area contributed by atoms with Gasteiger partial charge in [-0.3, -0.25) is 4.72 Å². The van der Waals surface area contributed by atoms with E-state index in [0.29, 0.717) is 0 Å². The van der Waals surface area contributed by atoms with E-state index in [1.165, 1.54) is 42.7 Å². The number of para-hydroxylation sites is 2. The zero-order chi connectivity index (χ0) is 39.8. The van der Waals surface area contributed by atoms with Gasteiger partial charge in [-0.15, -0.1) is 0 Å². The van der Waals surface area contributed by atoms with Crippen LogP contribution in [-0.4, -0.2) is 53.2 Å². The summed E-state index contributed by atoms with van der Waals surface area (Å²) in [7, 11) is -4.85. The van der Waals surface area contributed by atoms with Crippen LogP contribution in [0, 0.1) is 0 Å². The van der Waals surface area contributed by atoms with E-state index in [1.807, 2.05) is 0 Å². The van der Waals surface area contributed by atoms with Gasteiger partial charge in [0.2, 0.25) is 11.6 Å². The number of rotatable bonds is 11. The summed E-state index contributed by atoms with van der Waals surface area (Å²) in [6.45, 7) is -16.0. The first-order valence-corrected chi connectivity index (χ1v) is 12.8. The van der Waals surface area contributed by atoms with Crippen LogP contribution in [0.4, 0.5) is 5.82 Å². The highest BCUT2D eigenvalue weighted by Crippen LogP contribution is 2.41. The molecule has 12 heteroatoms. The molecule has 0 unspecified atom stereocenters. The molecular weight excluding hydrogens is 534 g/mol. The summed E-state index contributed by atoms with van der Waals surface area (Å²) in [5, 5.41) is 9.77. The highest BCUT2D eigenvalue weighted by atomic mass is 32.2. The number of nitrogens with one attached hydrogen (secondary N) is 1. The summed E-state index contributed by atoms with van der Waals surface area (Å²) < 4.78 is 149. The molecule has 0 saturated heterocycles. The Kier molecular flexibility index (Phi) is 4.93. The second-order valence-corrected chi connectivity index (χ2v) is 9.47. The zero-order valence-electron chi connectivity index (χ0n) is 33.7. The van der Waals surface area contributed by atoms with Crippen molar-refractivity contribution >= 4 is 15.8 Å². The van der Waals surface area contributed by atoms with Crippen molar-refractivity contribution in [3.63, 3.8) is 0 Å². The number of hydrogen-bond acceptors (Lipinski definition) is 10. The van der Waals surface area contributed by atoms with Gasteiger partial charge in [-0.05, 0) is 48.2 Å². The molecular formula is C28H31N5O6S. The molecule has 0 aliphatic rings. The summed E-state index contributed by atoms with van der Waals surface area (Å²) in [5.74, 6) is -3.04. The molecule has 2 N–H and O–H groups in total. The fourth-order valence-corrected chi connectivity index (χ4v) is 4.22. The van der Waals surface area contributed by atoms with Crippen LogP contribution < -0.4 is 18.9 Å². The molecule has 4 aromatic rings. The third kappa shape index (κ3) is 6.82. The number of aliphatic hydroxyl groups is 1. The molecule has 4 rings (SSSR count). The summed E-state index contributed by atoms with van der Waals surface area (Å²) in [6.07, 6.45) is 2.61. The van der Waals surface area contributed by atoms with E-state index in [4.69, 9.17) is 32.0 Å². The normalized spacial score (nSPS) is 18.1. The summed E-state index contributed by atoms with van der Waals surface area (Å²) in [6, 6.07) is 10.1. The maximum Gasteiger partial charge on any atom is 0.263 e. The smallest absolute Gasteiger partial charge is 0.263 e. The van der Waals surface area contributed by atoms with Gasteiger partial charge in [-0.25, -0.2) is 23.4 Å². The average Bonchev–Trinajstić information content (AvgIpc) is 2.99. The van der Waals surface area contributed by atoms with Gasteiger partial charge in [0.15, 0.2) is 23.1 Å². The minimum atomic E-state index is -4.85. The van der Waals surface area contributed by atoms with Crippen molar-refractivity contribution in [2.24, 2.45) is 0 Å². The van der Waals surface area contributed by atoms with Crippen molar-refractivity contribution in [2.75, 3.05) is 24.4 Å². The van der Waals surface area contributed by atoms with Gasteiger partial charge >= 0.3 is 0 Å². The Hall–Kier alpha value is -4.29. The third-order valence-electron chi connectivity index (χ3n) is 4.98. The Morgan fingerprint density at radius 2 is 1.65 bits per heavy atom. The quantitative estimate of drug-likeness (QED) is 0.259. The molecule has 0 radical (unpaired) electrons. The van der Waals surface area contributed by atoms with E-state index in [2.05, 4.69) is 24.7 Å². The van der Waals surface area contributed by atoms with Crippen molar-refractivity contribution in [2.45, 2.75) is 37.8 Å². The molecule has 2 aromatic carbocycles. The van der Waals surface area contributed by atoms with Crippen LogP contribution in [0.15, 0.2) is 71.9 Å². The van der Waals surface area contributed by atoms with Crippen molar-refractivity contribution in [1.82, 2.24) is 19.9 Å². The predicted octanol–water partition coefficient (Wildman–Crippen LogP) is 4.59. The Morgan fingerprint density at radius 1 is 0.950 bits per heavy atom. The number of sulfonamides is 1. The van der Waals surface area contributed by atoms with Gasteiger partial charge in [0, 0.05) is 24.7 Å². The monoisotopic (exact) mass is 578 g/mol. The van der Waals surface area contributed by atoms with Gasteiger partial charge in [0.1, 0.15) is 6.61 Å². The first kappa shape index (κ1) is 16.1. The minimum absolute atomic E-state index is 0.182. The first-order valence-electron chi connectivity index (χ1n) is 17.8. The highest BCUT2D eigenvalue weighted by Gasteiger charge is 2.26. The molecule has 0 aliphatic carbocycles.